The maximum Gasteiger partial charge on any atom is 0.349 e. The highest BCUT2D eigenvalue weighted by Crippen LogP contribution is 2.44. The number of rotatable bonds is 8. The lowest BCUT2D eigenvalue weighted by atomic mass is 9.93. The number of aliphatic imine (C=N–C) groups is 1. The molecule has 5 N–H and O–H groups in total. The number of hydrogen-bond acceptors (Lipinski definition) is 10. The Kier molecular flexibility index (Phi) is 11.4. The molecule has 1 saturated carbocycles. The lowest BCUT2D eigenvalue weighted by molar-refractivity contribution is -0.137. The molecule has 0 bridgehead atoms. The number of amidine groups is 1. The Morgan fingerprint density at radius 2 is 1.86 bits per heavy atom. The van der Waals surface area contributed by atoms with Crippen molar-refractivity contribution in [2.45, 2.75) is 82.3 Å². The van der Waals surface area contributed by atoms with Gasteiger partial charge in [-0.1, -0.05) is 36.2 Å². The third kappa shape index (κ3) is 6.82. The Bertz CT molecular complexity index is 981. The number of nitrogens with zero attached hydrogens (tertiary/aromatic N) is 4. The molecule has 3 atom stereocenters. The predicted molar refractivity (Wildman–Crippen MR) is 141 cm³/mol. The number of oxime groups is 1. The number of nitrogens with two attached hydrogens (primary N) is 2. The fourth-order valence-corrected chi connectivity index (χ4v) is 6.26. The third-order valence-electron chi connectivity index (χ3n) is 6.52. The summed E-state index contributed by atoms with van der Waals surface area (Å²) in [5, 5.41) is 11.7. The fourth-order valence-electron chi connectivity index (χ4n) is 4.91. The summed E-state index contributed by atoms with van der Waals surface area (Å²) in [6.45, 7) is 3.73. The van der Waals surface area contributed by atoms with Gasteiger partial charge in [-0.25, -0.2) is 9.79 Å². The van der Waals surface area contributed by atoms with E-state index in [0.717, 1.165) is 50.1 Å². The van der Waals surface area contributed by atoms with E-state index in [4.69, 9.17) is 16.2 Å². The van der Waals surface area contributed by atoms with Gasteiger partial charge in [-0.05, 0) is 39.5 Å². The summed E-state index contributed by atoms with van der Waals surface area (Å²) in [6.07, 6.45) is 6.26. The van der Waals surface area contributed by atoms with Crippen LogP contribution in [0, 0.1) is 0 Å². The second kappa shape index (κ2) is 13.8. The largest absolute Gasteiger partial charge is 0.462 e. The lowest BCUT2D eigenvalue weighted by Crippen LogP contribution is -2.48. The summed E-state index contributed by atoms with van der Waals surface area (Å²) in [5.74, 6) is -2.45. The van der Waals surface area contributed by atoms with Gasteiger partial charge in [0.15, 0.2) is 17.0 Å². The molecule has 0 aromatic carbocycles. The van der Waals surface area contributed by atoms with Crippen LogP contribution in [0.2, 0.25) is 0 Å². The van der Waals surface area contributed by atoms with Crippen LogP contribution in [0.5, 0.6) is 0 Å². The van der Waals surface area contributed by atoms with Gasteiger partial charge in [-0.15, -0.1) is 12.4 Å². The van der Waals surface area contributed by atoms with Crippen LogP contribution < -0.4 is 11.5 Å². The SMILES string of the molecule is CCOC(=O)C=NC(=O)C1SC(C(=O)[C@@H]2CCCN2C(=O)[C@H](C)N)=C(C(N)=NO)N1C1CCCCC1.Cl. The van der Waals surface area contributed by atoms with Gasteiger partial charge in [-0.2, -0.15) is 0 Å². The van der Waals surface area contributed by atoms with Crippen LogP contribution in [0.4, 0.5) is 0 Å². The lowest BCUT2D eigenvalue weighted by Gasteiger charge is -2.37. The molecule has 2 heterocycles. The van der Waals surface area contributed by atoms with Gasteiger partial charge in [0.05, 0.1) is 23.6 Å². The first kappa shape index (κ1) is 30.6. The van der Waals surface area contributed by atoms with E-state index < -0.39 is 35.1 Å². The van der Waals surface area contributed by atoms with Crippen molar-refractivity contribution in [1.82, 2.24) is 9.80 Å². The van der Waals surface area contributed by atoms with Gasteiger partial charge in [-0.3, -0.25) is 14.4 Å². The van der Waals surface area contributed by atoms with Crippen LogP contribution in [-0.2, 0) is 23.9 Å². The van der Waals surface area contributed by atoms with Gasteiger partial charge in [0.2, 0.25) is 5.91 Å². The highest BCUT2D eigenvalue weighted by atomic mass is 35.5. The molecule has 0 spiro atoms. The van der Waals surface area contributed by atoms with E-state index in [0.29, 0.717) is 19.4 Å². The Balaban J connectivity index is 0.00000481. The molecule has 37 heavy (non-hydrogen) atoms. The van der Waals surface area contributed by atoms with Gasteiger partial charge < -0.3 is 31.2 Å². The van der Waals surface area contributed by atoms with Gasteiger partial charge in [0, 0.05) is 12.6 Å². The van der Waals surface area contributed by atoms with Crippen molar-refractivity contribution in [3.05, 3.63) is 10.6 Å². The number of ether oxygens (including phenoxy) is 1. The zero-order chi connectivity index (χ0) is 26.4. The number of amides is 2. The van der Waals surface area contributed by atoms with E-state index in [1.165, 1.54) is 4.90 Å². The quantitative estimate of drug-likeness (QED) is 0.128. The molecule has 2 fully saturated rings. The van der Waals surface area contributed by atoms with E-state index in [1.807, 2.05) is 0 Å². The van der Waals surface area contributed by atoms with Gasteiger partial charge >= 0.3 is 5.97 Å². The summed E-state index contributed by atoms with van der Waals surface area (Å²) in [6, 6.07) is -1.68. The first-order chi connectivity index (χ1) is 17.2. The summed E-state index contributed by atoms with van der Waals surface area (Å²) >= 11 is 0.954. The third-order valence-corrected chi connectivity index (χ3v) is 7.80. The Morgan fingerprint density at radius 3 is 2.46 bits per heavy atom. The second-order valence-corrected chi connectivity index (χ2v) is 10.1. The summed E-state index contributed by atoms with van der Waals surface area (Å²) in [4.78, 5) is 58.5. The van der Waals surface area contributed by atoms with Crippen LogP contribution in [0.15, 0.2) is 20.8 Å². The zero-order valence-electron chi connectivity index (χ0n) is 21.0. The number of hydrogen-bond donors (Lipinski definition) is 3. The first-order valence-corrected chi connectivity index (χ1v) is 13.1. The average molecular weight is 559 g/mol. The Labute approximate surface area is 226 Å². The van der Waals surface area contributed by atoms with Crippen molar-refractivity contribution >= 4 is 59.8 Å². The van der Waals surface area contributed by atoms with Crippen molar-refractivity contribution in [2.24, 2.45) is 21.6 Å². The minimum Gasteiger partial charge on any atom is -0.462 e. The number of carbonyl (C=O) groups is 4. The Hall–Kier alpha value is -2.64. The molecule has 3 aliphatic rings. The minimum atomic E-state index is -0.994. The minimum absolute atomic E-state index is 0. The molecular weight excluding hydrogens is 524 g/mol. The monoisotopic (exact) mass is 558 g/mol. The standard InChI is InChI=1S/C23H34N6O6S.ClH/c1-3-35-16(30)12-26-21(32)23-29(14-8-5-4-6-9-14)17(20(25)27-34)19(36-23)18(31)15-10-7-11-28(15)22(33)13(2)24;/h12-15,23,34H,3-11,24H2,1-2H3,(H2,25,27);1H/t13-,15-,23?;/m0./s1. The van der Waals surface area contributed by atoms with E-state index in [9.17, 15) is 24.4 Å². The number of thioether (sulfide) groups is 1. The van der Waals surface area contributed by atoms with Crippen molar-refractivity contribution in [2.75, 3.05) is 13.2 Å². The topological polar surface area (TPSA) is 181 Å². The van der Waals surface area contributed by atoms with Crippen molar-refractivity contribution in [3.8, 4) is 0 Å². The molecule has 1 saturated heterocycles. The van der Waals surface area contributed by atoms with E-state index in [1.54, 1.807) is 18.7 Å². The molecule has 0 aromatic heterocycles. The molecule has 2 aliphatic heterocycles. The normalized spacial score (nSPS) is 23.8. The number of esters is 1. The number of likely N-dealkylation sites (tertiary alicyclic amines) is 1. The zero-order valence-corrected chi connectivity index (χ0v) is 22.6. The number of ketones is 1. The molecule has 1 unspecified atom stereocenters. The second-order valence-electron chi connectivity index (χ2n) is 9.02. The van der Waals surface area contributed by atoms with Crippen molar-refractivity contribution in [1.29, 1.82) is 0 Å². The molecule has 0 radical (unpaired) electrons. The highest BCUT2D eigenvalue weighted by molar-refractivity contribution is 8.05. The van der Waals surface area contributed by atoms with E-state index >= 15 is 0 Å². The maximum absolute atomic E-state index is 13.8. The van der Waals surface area contributed by atoms with Crippen LogP contribution in [0.3, 0.4) is 0 Å². The molecule has 206 valence electrons. The molecule has 1 aliphatic carbocycles. The molecule has 3 rings (SSSR count). The smallest absolute Gasteiger partial charge is 0.349 e. The molecule has 2 amide bonds. The van der Waals surface area contributed by atoms with Crippen molar-refractivity contribution in [3.63, 3.8) is 0 Å². The first-order valence-electron chi connectivity index (χ1n) is 12.2. The van der Waals surface area contributed by atoms with Gasteiger partial charge in [0.1, 0.15) is 11.9 Å². The summed E-state index contributed by atoms with van der Waals surface area (Å²) < 4.78 is 4.81. The Morgan fingerprint density at radius 1 is 1.19 bits per heavy atom. The van der Waals surface area contributed by atoms with E-state index in [2.05, 4.69) is 10.1 Å². The summed E-state index contributed by atoms with van der Waals surface area (Å²) in [5.41, 5.74) is 12.0. The molecule has 12 nitrogen and oxygen atoms in total. The van der Waals surface area contributed by atoms with E-state index in [-0.39, 0.29) is 47.4 Å². The average Bonchev–Trinajstić information content (AvgIpc) is 3.52. The summed E-state index contributed by atoms with van der Waals surface area (Å²) in [7, 11) is 0. The van der Waals surface area contributed by atoms with Gasteiger partial charge in [0.25, 0.3) is 5.91 Å². The molecule has 0 aromatic rings. The predicted octanol–water partition coefficient (Wildman–Crippen LogP) is 1.14. The van der Waals surface area contributed by atoms with Crippen LogP contribution in [0.25, 0.3) is 0 Å². The highest BCUT2D eigenvalue weighted by Gasteiger charge is 2.47. The number of halogens is 1. The van der Waals surface area contributed by atoms with Crippen molar-refractivity contribution < 1.29 is 29.1 Å². The molecular formula is C23H35ClN6O6S. The van der Waals surface area contributed by atoms with Crippen LogP contribution >= 0.6 is 24.2 Å². The number of Topliss-reactive ketones (excluding diaryl/α,β-unsaturated/α-hetero) is 1. The van der Waals surface area contributed by atoms with Crippen LogP contribution in [0.1, 0.15) is 58.8 Å². The fraction of sp³-hybridized carbons (Fsp3) is 0.652. The molecule has 14 heteroatoms. The maximum atomic E-state index is 13.8. The van der Waals surface area contributed by atoms with Crippen LogP contribution in [-0.4, -0.2) is 87.3 Å². The number of carbonyl (C=O) groups excluding carboxylic acids is 4.